The number of allylic oxidation sites excluding steroid dienone is 1. The van der Waals surface area contributed by atoms with Crippen LogP contribution in [0.2, 0.25) is 0 Å². The van der Waals surface area contributed by atoms with Crippen LogP contribution in [0.3, 0.4) is 0 Å². The molecule has 0 aliphatic carbocycles. The minimum atomic E-state index is -0.565. The van der Waals surface area contributed by atoms with E-state index in [1.807, 2.05) is 0 Å². The van der Waals surface area contributed by atoms with Crippen LogP contribution in [0, 0.1) is 11.8 Å². The standard InChI is InChI=1S/2C8H17O.C6H10O3.Al/c2*1-3-5-6-8(4-2)7-9;1-3-9-6(8)4-5(2)7;/h2*8H,3-7H2,1-2H3;4,7H,3H2,1-2H3;/q2*-1;;+3/p-1. The fraction of sp³-hybridized carbons (Fsp3) is 0.864. The van der Waals surface area contributed by atoms with Gasteiger partial charge in [-0.1, -0.05) is 97.8 Å². The molecule has 0 spiro atoms. The first-order valence-electron chi connectivity index (χ1n) is 10.5. The Morgan fingerprint density at radius 2 is 1.29 bits per heavy atom. The maximum atomic E-state index is 10.4. The number of unbranched alkanes of at least 4 members (excludes halogenated alkanes) is 2. The molecule has 0 heterocycles. The maximum Gasteiger partial charge on any atom is 3.00 e. The normalized spacial score (nSPS) is 12.4. The fourth-order valence-electron chi connectivity index (χ4n) is 2.15. The van der Waals surface area contributed by atoms with Gasteiger partial charge in [-0.15, -0.1) is 19.0 Å². The van der Waals surface area contributed by atoms with Gasteiger partial charge < -0.3 is 20.1 Å². The van der Waals surface area contributed by atoms with E-state index in [9.17, 15) is 20.1 Å². The van der Waals surface area contributed by atoms with E-state index in [-0.39, 0.29) is 36.3 Å². The number of esters is 1. The zero-order chi connectivity index (χ0) is 21.5. The summed E-state index contributed by atoms with van der Waals surface area (Å²) >= 11 is 0. The first-order chi connectivity index (χ1) is 12.9. The zero-order valence-electron chi connectivity index (χ0n) is 19.1. The molecule has 0 amide bonds. The molecule has 164 valence electrons. The molecule has 5 nitrogen and oxygen atoms in total. The fourth-order valence-corrected chi connectivity index (χ4v) is 2.15. The van der Waals surface area contributed by atoms with Gasteiger partial charge in [-0.3, -0.25) is 0 Å². The number of carbonyl (C=O) groups is 1. The van der Waals surface area contributed by atoms with E-state index in [1.165, 1.54) is 32.6 Å². The average molecular weight is 415 g/mol. The zero-order valence-corrected chi connectivity index (χ0v) is 20.3. The second kappa shape index (κ2) is 28.7. The molecule has 0 aliphatic rings. The van der Waals surface area contributed by atoms with Crippen LogP contribution in [0.15, 0.2) is 11.8 Å². The van der Waals surface area contributed by atoms with Crippen LogP contribution in [0.5, 0.6) is 0 Å². The van der Waals surface area contributed by atoms with E-state index in [0.717, 1.165) is 31.8 Å². The van der Waals surface area contributed by atoms with Crippen molar-refractivity contribution in [2.45, 2.75) is 92.9 Å². The van der Waals surface area contributed by atoms with Gasteiger partial charge in [0.1, 0.15) is 0 Å². The summed E-state index contributed by atoms with van der Waals surface area (Å²) in [7, 11) is 0. The molecule has 0 aromatic rings. The molecule has 0 aromatic heterocycles. The van der Waals surface area contributed by atoms with Gasteiger partial charge in [0.25, 0.3) is 0 Å². The number of hydrogen-bond acceptors (Lipinski definition) is 5. The Morgan fingerprint density at radius 3 is 1.50 bits per heavy atom. The van der Waals surface area contributed by atoms with E-state index < -0.39 is 5.97 Å². The van der Waals surface area contributed by atoms with Crippen molar-refractivity contribution < 1.29 is 24.9 Å². The molecule has 0 bridgehead atoms. The quantitative estimate of drug-likeness (QED) is 0.212. The molecule has 0 rings (SSSR count). The summed E-state index contributed by atoms with van der Waals surface area (Å²) in [6.45, 7) is 12.1. The molecule has 0 saturated heterocycles. The van der Waals surface area contributed by atoms with Gasteiger partial charge in [-0.05, 0) is 6.92 Å². The average Bonchev–Trinajstić information content (AvgIpc) is 2.64. The summed E-state index contributed by atoms with van der Waals surface area (Å²) < 4.78 is 4.44. The number of rotatable bonds is 12. The van der Waals surface area contributed by atoms with Gasteiger partial charge in [-0.25, -0.2) is 4.79 Å². The molecule has 6 heteroatoms. The third-order valence-corrected chi connectivity index (χ3v) is 4.17. The monoisotopic (exact) mass is 414 g/mol. The Labute approximate surface area is 184 Å². The topological polar surface area (TPSA) is 95.5 Å². The van der Waals surface area contributed by atoms with Crippen LogP contribution in [0.4, 0.5) is 0 Å². The summed E-state index contributed by atoms with van der Waals surface area (Å²) in [4.78, 5) is 10.4. The second-order valence-electron chi connectivity index (χ2n) is 6.67. The van der Waals surface area contributed by atoms with Gasteiger partial charge in [0, 0.05) is 6.08 Å². The van der Waals surface area contributed by atoms with Crippen molar-refractivity contribution in [3.8, 4) is 0 Å². The van der Waals surface area contributed by atoms with Crippen LogP contribution in [-0.4, -0.2) is 43.2 Å². The molecule has 0 N–H and O–H groups in total. The Morgan fingerprint density at radius 1 is 0.893 bits per heavy atom. The Kier molecular flexibility index (Phi) is 35.8. The molecule has 0 saturated carbocycles. The third kappa shape index (κ3) is 30.2. The number of ether oxygens (including phenoxy) is 1. The molecule has 0 aromatic carbocycles. The molecular weight excluding hydrogens is 371 g/mol. The summed E-state index contributed by atoms with van der Waals surface area (Å²) in [5.41, 5.74) is 0. The van der Waals surface area contributed by atoms with Crippen molar-refractivity contribution in [3.63, 3.8) is 0 Å². The van der Waals surface area contributed by atoms with Gasteiger partial charge in [-0.2, -0.15) is 0 Å². The van der Waals surface area contributed by atoms with E-state index in [0.29, 0.717) is 18.4 Å². The van der Waals surface area contributed by atoms with E-state index in [2.05, 4.69) is 32.4 Å². The summed E-state index contributed by atoms with van der Waals surface area (Å²) in [5, 5.41) is 30.9. The first kappa shape index (κ1) is 34.9. The SMILES string of the molecule is CCCCC(CC)C[O-].CCCCC(CC)C[O-].CCOC(=O)C=C(C)[O-].[Al+3]. The summed E-state index contributed by atoms with van der Waals surface area (Å²) in [6, 6.07) is 0. The van der Waals surface area contributed by atoms with Crippen molar-refractivity contribution in [3.05, 3.63) is 11.8 Å². The summed E-state index contributed by atoms with van der Waals surface area (Å²) in [6.07, 6.45) is 10.2. The van der Waals surface area contributed by atoms with Crippen molar-refractivity contribution in [1.29, 1.82) is 0 Å². The van der Waals surface area contributed by atoms with Crippen molar-refractivity contribution in [2.24, 2.45) is 11.8 Å². The minimum absolute atomic E-state index is 0. The number of hydrogen-bond donors (Lipinski definition) is 0. The Bertz CT molecular complexity index is 307. The van der Waals surface area contributed by atoms with Crippen LogP contribution in [0.1, 0.15) is 92.9 Å². The van der Waals surface area contributed by atoms with Gasteiger partial charge in [0.05, 0.1) is 6.61 Å². The Balaban J connectivity index is -0.000000152. The van der Waals surface area contributed by atoms with Crippen LogP contribution >= 0.6 is 0 Å². The third-order valence-electron chi connectivity index (χ3n) is 4.17. The van der Waals surface area contributed by atoms with E-state index >= 15 is 0 Å². The Hall–Kier alpha value is -0.538. The van der Waals surface area contributed by atoms with Crippen molar-refractivity contribution in [1.82, 2.24) is 0 Å². The van der Waals surface area contributed by atoms with E-state index in [4.69, 9.17) is 0 Å². The molecule has 0 aliphatic heterocycles. The molecule has 2 unspecified atom stereocenters. The first-order valence-corrected chi connectivity index (χ1v) is 10.5. The predicted molar refractivity (Wildman–Crippen MR) is 112 cm³/mol. The van der Waals surface area contributed by atoms with Crippen molar-refractivity contribution >= 4 is 23.3 Å². The van der Waals surface area contributed by atoms with Crippen LogP contribution in [0.25, 0.3) is 0 Å². The molecular formula is C22H43AlO5. The number of carbonyl (C=O) groups excluding carboxylic acids is 1. The molecule has 0 fully saturated rings. The van der Waals surface area contributed by atoms with Crippen LogP contribution < -0.4 is 15.3 Å². The van der Waals surface area contributed by atoms with Gasteiger partial charge >= 0.3 is 23.3 Å². The predicted octanol–water partition coefficient (Wildman–Crippen LogP) is 2.56. The molecule has 28 heavy (non-hydrogen) atoms. The summed E-state index contributed by atoms with van der Waals surface area (Å²) in [5.74, 6) is 0.0494. The molecule has 2 atom stereocenters. The largest absolute Gasteiger partial charge is 3.00 e. The van der Waals surface area contributed by atoms with Gasteiger partial charge in [0.2, 0.25) is 0 Å². The molecule has 0 radical (unpaired) electrons. The smallest absolute Gasteiger partial charge is 0.875 e. The maximum absolute atomic E-state index is 10.4. The minimum Gasteiger partial charge on any atom is -0.875 e. The second-order valence-corrected chi connectivity index (χ2v) is 6.67. The van der Waals surface area contributed by atoms with Crippen molar-refractivity contribution in [2.75, 3.05) is 19.8 Å². The van der Waals surface area contributed by atoms with Gasteiger partial charge in [0.15, 0.2) is 0 Å². The van der Waals surface area contributed by atoms with Crippen LogP contribution in [-0.2, 0) is 9.53 Å². The van der Waals surface area contributed by atoms with E-state index in [1.54, 1.807) is 6.92 Å².